The summed E-state index contributed by atoms with van der Waals surface area (Å²) in [4.78, 5) is 3.75. The number of nitrogens with zero attached hydrogens (tertiary/aromatic N) is 1. The number of hydrazine groups is 1. The standard InChI is InChI=1S/C11H18F2N4S/c1-3-18-5-4-7(2)15-10-8(12)6-9(13)11(16-10)17-14/h6-7H,3-5,14H2,1-2H3,(H2,15,16,17). The molecule has 1 aromatic heterocycles. The van der Waals surface area contributed by atoms with E-state index in [1.54, 1.807) is 0 Å². The van der Waals surface area contributed by atoms with Crippen molar-refractivity contribution in [3.05, 3.63) is 17.7 Å². The Morgan fingerprint density at radius 2 is 2.06 bits per heavy atom. The highest BCUT2D eigenvalue weighted by atomic mass is 32.2. The Bertz CT molecular complexity index is 390. The van der Waals surface area contributed by atoms with Crippen molar-refractivity contribution in [3.8, 4) is 0 Å². The van der Waals surface area contributed by atoms with E-state index in [0.29, 0.717) is 0 Å². The van der Waals surface area contributed by atoms with Crippen molar-refractivity contribution in [2.24, 2.45) is 5.84 Å². The van der Waals surface area contributed by atoms with Gasteiger partial charge in [-0.15, -0.1) is 0 Å². The van der Waals surface area contributed by atoms with E-state index < -0.39 is 11.6 Å². The van der Waals surface area contributed by atoms with Gasteiger partial charge in [0.1, 0.15) is 0 Å². The molecule has 102 valence electrons. The summed E-state index contributed by atoms with van der Waals surface area (Å²) in [6, 6.07) is 0.819. The molecule has 0 spiro atoms. The Balaban J connectivity index is 2.65. The maximum Gasteiger partial charge on any atom is 0.178 e. The summed E-state index contributed by atoms with van der Waals surface area (Å²) < 4.78 is 26.6. The smallest absolute Gasteiger partial charge is 0.178 e. The van der Waals surface area contributed by atoms with Crippen LogP contribution in [0.4, 0.5) is 20.4 Å². The molecule has 1 unspecified atom stereocenters. The van der Waals surface area contributed by atoms with Gasteiger partial charge in [0.25, 0.3) is 0 Å². The number of halogens is 2. The molecule has 4 nitrogen and oxygen atoms in total. The van der Waals surface area contributed by atoms with Gasteiger partial charge >= 0.3 is 0 Å². The molecule has 0 amide bonds. The number of nitrogens with one attached hydrogen (secondary N) is 2. The lowest BCUT2D eigenvalue weighted by Crippen LogP contribution is -2.19. The lowest BCUT2D eigenvalue weighted by Gasteiger charge is -2.15. The number of nitrogen functional groups attached to an aromatic ring is 1. The average Bonchev–Trinajstić information content (AvgIpc) is 2.33. The van der Waals surface area contributed by atoms with Crippen LogP contribution in [0.25, 0.3) is 0 Å². The van der Waals surface area contributed by atoms with Crippen molar-refractivity contribution in [2.45, 2.75) is 26.3 Å². The van der Waals surface area contributed by atoms with E-state index in [1.807, 2.05) is 18.7 Å². The molecule has 1 rings (SSSR count). The Kier molecular flexibility index (Phi) is 6.14. The van der Waals surface area contributed by atoms with Crippen LogP contribution < -0.4 is 16.6 Å². The van der Waals surface area contributed by atoms with Crippen LogP contribution in [0.3, 0.4) is 0 Å². The molecule has 18 heavy (non-hydrogen) atoms. The highest BCUT2D eigenvalue weighted by Gasteiger charge is 2.13. The Morgan fingerprint density at radius 1 is 1.39 bits per heavy atom. The molecule has 1 atom stereocenters. The number of rotatable bonds is 7. The zero-order valence-electron chi connectivity index (χ0n) is 10.5. The molecule has 0 aliphatic carbocycles. The first-order valence-corrected chi connectivity index (χ1v) is 6.90. The van der Waals surface area contributed by atoms with Crippen molar-refractivity contribution in [2.75, 3.05) is 22.2 Å². The van der Waals surface area contributed by atoms with Gasteiger partial charge in [-0.2, -0.15) is 11.8 Å². The van der Waals surface area contributed by atoms with Crippen LogP contribution in [0.15, 0.2) is 6.07 Å². The summed E-state index contributed by atoms with van der Waals surface area (Å²) in [5.41, 5.74) is 2.09. The third-order valence-corrected chi connectivity index (χ3v) is 3.28. The van der Waals surface area contributed by atoms with E-state index in [0.717, 1.165) is 24.0 Å². The van der Waals surface area contributed by atoms with E-state index in [-0.39, 0.29) is 17.7 Å². The zero-order chi connectivity index (χ0) is 13.5. The van der Waals surface area contributed by atoms with Gasteiger partial charge in [0.2, 0.25) is 0 Å². The van der Waals surface area contributed by atoms with Crippen LogP contribution in [0.1, 0.15) is 20.3 Å². The monoisotopic (exact) mass is 276 g/mol. The Hall–Kier alpha value is -1.08. The molecule has 0 aliphatic rings. The van der Waals surface area contributed by atoms with Gasteiger partial charge < -0.3 is 10.7 Å². The predicted molar refractivity (Wildman–Crippen MR) is 72.7 cm³/mol. The van der Waals surface area contributed by atoms with Crippen LogP contribution in [-0.4, -0.2) is 22.5 Å². The van der Waals surface area contributed by atoms with Gasteiger partial charge in [-0.05, 0) is 24.9 Å². The molecule has 0 bridgehead atoms. The molecule has 7 heteroatoms. The topological polar surface area (TPSA) is 63.0 Å². The van der Waals surface area contributed by atoms with E-state index in [4.69, 9.17) is 5.84 Å². The molecule has 0 saturated carbocycles. The molecule has 4 N–H and O–H groups in total. The summed E-state index contributed by atoms with van der Waals surface area (Å²) in [6.45, 7) is 4.01. The minimum atomic E-state index is -0.810. The number of nitrogens with two attached hydrogens (primary N) is 1. The van der Waals surface area contributed by atoms with Crippen LogP contribution in [0.2, 0.25) is 0 Å². The molecular weight excluding hydrogens is 258 g/mol. The van der Waals surface area contributed by atoms with Crippen LogP contribution >= 0.6 is 11.8 Å². The number of hydrogen-bond donors (Lipinski definition) is 3. The van der Waals surface area contributed by atoms with Crippen LogP contribution in [-0.2, 0) is 0 Å². The van der Waals surface area contributed by atoms with Gasteiger partial charge in [-0.1, -0.05) is 6.92 Å². The maximum absolute atomic E-state index is 13.5. The van der Waals surface area contributed by atoms with Gasteiger partial charge in [0, 0.05) is 12.1 Å². The quantitative estimate of drug-likeness (QED) is 0.406. The minimum absolute atomic E-state index is 0.0124. The van der Waals surface area contributed by atoms with E-state index in [2.05, 4.69) is 22.7 Å². The fraction of sp³-hybridized carbons (Fsp3) is 0.545. The Labute approximate surface area is 110 Å². The second kappa shape index (κ2) is 7.38. The molecule has 1 aromatic rings. The molecule has 0 aromatic carbocycles. The van der Waals surface area contributed by atoms with Crippen molar-refractivity contribution in [1.29, 1.82) is 0 Å². The van der Waals surface area contributed by atoms with Gasteiger partial charge in [0.15, 0.2) is 23.3 Å². The number of hydrogen-bond acceptors (Lipinski definition) is 5. The normalized spacial score (nSPS) is 12.3. The molecule has 0 aliphatic heterocycles. The van der Waals surface area contributed by atoms with Crippen molar-refractivity contribution in [3.63, 3.8) is 0 Å². The molecule has 0 saturated heterocycles. The fourth-order valence-corrected chi connectivity index (χ4v) is 2.19. The lowest BCUT2D eigenvalue weighted by atomic mass is 10.2. The first kappa shape index (κ1) is 15.0. The van der Waals surface area contributed by atoms with Gasteiger partial charge in [0.05, 0.1) is 0 Å². The predicted octanol–water partition coefficient (Wildman–Crippen LogP) is 2.59. The highest BCUT2D eigenvalue weighted by molar-refractivity contribution is 7.99. The first-order chi connectivity index (χ1) is 8.58. The largest absolute Gasteiger partial charge is 0.365 e. The zero-order valence-corrected chi connectivity index (χ0v) is 11.3. The fourth-order valence-electron chi connectivity index (χ4n) is 1.38. The highest BCUT2D eigenvalue weighted by Crippen LogP contribution is 2.19. The third kappa shape index (κ3) is 4.30. The van der Waals surface area contributed by atoms with E-state index in [1.165, 1.54) is 0 Å². The maximum atomic E-state index is 13.5. The second-order valence-corrected chi connectivity index (χ2v) is 5.22. The summed E-state index contributed by atoms with van der Waals surface area (Å²) in [5.74, 6) is 5.44. The summed E-state index contributed by atoms with van der Waals surface area (Å²) in [7, 11) is 0. The number of pyridine rings is 1. The van der Waals surface area contributed by atoms with E-state index in [9.17, 15) is 8.78 Å². The number of aromatic nitrogens is 1. The molecule has 0 radical (unpaired) electrons. The SMILES string of the molecule is CCSCCC(C)Nc1nc(NN)c(F)cc1F. The minimum Gasteiger partial charge on any atom is -0.365 e. The van der Waals surface area contributed by atoms with Gasteiger partial charge in [-0.3, -0.25) is 0 Å². The third-order valence-electron chi connectivity index (χ3n) is 2.35. The van der Waals surface area contributed by atoms with E-state index >= 15 is 0 Å². The first-order valence-electron chi connectivity index (χ1n) is 5.75. The lowest BCUT2D eigenvalue weighted by molar-refractivity contribution is 0.575. The summed E-state index contributed by atoms with van der Waals surface area (Å²) >= 11 is 1.81. The Morgan fingerprint density at radius 3 is 2.67 bits per heavy atom. The second-order valence-electron chi connectivity index (χ2n) is 3.82. The average molecular weight is 276 g/mol. The molecular formula is C11H18F2N4S. The van der Waals surface area contributed by atoms with Crippen molar-refractivity contribution in [1.82, 2.24) is 4.98 Å². The van der Waals surface area contributed by atoms with Crippen molar-refractivity contribution >= 4 is 23.4 Å². The van der Waals surface area contributed by atoms with Gasteiger partial charge in [-0.25, -0.2) is 19.6 Å². The molecule has 0 fully saturated rings. The molecule has 1 heterocycles. The number of thioether (sulfide) groups is 1. The van der Waals surface area contributed by atoms with Crippen LogP contribution in [0.5, 0.6) is 0 Å². The van der Waals surface area contributed by atoms with Crippen molar-refractivity contribution < 1.29 is 8.78 Å². The summed E-state index contributed by atoms with van der Waals surface area (Å²) in [5, 5.41) is 2.91. The summed E-state index contributed by atoms with van der Waals surface area (Å²) in [6.07, 6.45) is 0.877. The number of anilines is 2. The van der Waals surface area contributed by atoms with Crippen LogP contribution in [0, 0.1) is 11.6 Å².